The fraction of sp³-hybridized carbons (Fsp3) is 0.722. The monoisotopic (exact) mass is 332 g/mol. The second kappa shape index (κ2) is 7.36. The van der Waals surface area contributed by atoms with Gasteiger partial charge in [0.1, 0.15) is 0 Å². The first-order chi connectivity index (χ1) is 11.6. The number of hydrogen-bond donors (Lipinski definition) is 1. The average Bonchev–Trinajstić information content (AvgIpc) is 3.22. The molecule has 0 bridgehead atoms. The molecule has 0 aromatic carbocycles. The van der Waals surface area contributed by atoms with Crippen molar-refractivity contribution in [1.82, 2.24) is 20.0 Å². The maximum atomic E-state index is 12.9. The number of aromatic nitrogens is 2. The van der Waals surface area contributed by atoms with E-state index in [4.69, 9.17) is 0 Å². The zero-order valence-corrected chi connectivity index (χ0v) is 14.8. The van der Waals surface area contributed by atoms with E-state index in [1.807, 2.05) is 11.8 Å². The van der Waals surface area contributed by atoms with E-state index in [1.165, 1.54) is 32.6 Å². The lowest BCUT2D eigenvalue weighted by Gasteiger charge is -2.32. The Morgan fingerprint density at radius 1 is 1.25 bits per heavy atom. The molecule has 1 aromatic rings. The molecule has 1 saturated carbocycles. The minimum absolute atomic E-state index is 0.00728. The smallest absolute Gasteiger partial charge is 0.257 e. The van der Waals surface area contributed by atoms with Crippen molar-refractivity contribution in [1.29, 1.82) is 0 Å². The van der Waals surface area contributed by atoms with Gasteiger partial charge in [-0.25, -0.2) is 0 Å². The summed E-state index contributed by atoms with van der Waals surface area (Å²) < 4.78 is 2.05. The zero-order valence-electron chi connectivity index (χ0n) is 14.8. The van der Waals surface area contributed by atoms with E-state index in [9.17, 15) is 9.59 Å². The number of carbonyl (C=O) groups is 2. The van der Waals surface area contributed by atoms with Gasteiger partial charge in [-0.15, -0.1) is 0 Å². The third kappa shape index (κ3) is 3.62. The Labute approximate surface area is 143 Å². The highest BCUT2D eigenvalue weighted by atomic mass is 16.2. The fourth-order valence-corrected chi connectivity index (χ4v) is 4.02. The normalized spacial score (nSPS) is 21.9. The first kappa shape index (κ1) is 17.0. The predicted molar refractivity (Wildman–Crippen MR) is 91.8 cm³/mol. The van der Waals surface area contributed by atoms with Gasteiger partial charge in [0.15, 0.2) is 0 Å². The summed E-state index contributed by atoms with van der Waals surface area (Å²) in [4.78, 5) is 25.9. The van der Waals surface area contributed by atoms with Crippen LogP contribution in [0.25, 0.3) is 0 Å². The number of hydrogen-bond acceptors (Lipinski definition) is 3. The predicted octanol–water partition coefficient (Wildman–Crippen LogP) is 2.29. The zero-order chi connectivity index (χ0) is 17.1. The molecule has 1 N–H and O–H groups in total. The Morgan fingerprint density at radius 3 is 2.71 bits per heavy atom. The highest BCUT2D eigenvalue weighted by Gasteiger charge is 2.28. The summed E-state index contributed by atoms with van der Waals surface area (Å²) in [5.41, 5.74) is 1.73. The molecule has 24 heavy (non-hydrogen) atoms. The molecule has 3 rings (SSSR count). The van der Waals surface area contributed by atoms with Crippen molar-refractivity contribution in [2.45, 2.75) is 58.4 Å². The largest absolute Gasteiger partial charge is 0.356 e. The second-order valence-corrected chi connectivity index (χ2v) is 7.22. The van der Waals surface area contributed by atoms with Crippen LogP contribution in [0.2, 0.25) is 0 Å². The summed E-state index contributed by atoms with van der Waals surface area (Å²) in [6, 6.07) is 0.459. The third-order valence-electron chi connectivity index (χ3n) is 5.39. The van der Waals surface area contributed by atoms with Crippen LogP contribution in [0.1, 0.15) is 67.5 Å². The molecule has 132 valence electrons. The number of rotatable bonds is 4. The molecule has 6 nitrogen and oxygen atoms in total. The maximum absolute atomic E-state index is 12.9. The van der Waals surface area contributed by atoms with Crippen LogP contribution in [-0.2, 0) is 4.79 Å². The fourth-order valence-electron chi connectivity index (χ4n) is 4.02. The highest BCUT2D eigenvalue weighted by Crippen LogP contribution is 2.31. The van der Waals surface area contributed by atoms with Crippen molar-refractivity contribution < 1.29 is 9.59 Å². The van der Waals surface area contributed by atoms with Crippen LogP contribution in [0.5, 0.6) is 0 Å². The van der Waals surface area contributed by atoms with Crippen LogP contribution in [0.3, 0.4) is 0 Å². The molecule has 6 heteroatoms. The first-order valence-corrected chi connectivity index (χ1v) is 9.14. The van der Waals surface area contributed by atoms with Gasteiger partial charge in [0.05, 0.1) is 17.8 Å². The van der Waals surface area contributed by atoms with Gasteiger partial charge in [-0.1, -0.05) is 12.8 Å². The lowest BCUT2D eigenvalue weighted by Crippen LogP contribution is -2.43. The first-order valence-electron chi connectivity index (χ1n) is 9.14. The lowest BCUT2D eigenvalue weighted by molar-refractivity contribution is -0.119. The third-order valence-corrected chi connectivity index (χ3v) is 5.39. The Bertz CT molecular complexity index is 604. The molecule has 1 unspecified atom stereocenters. The Balaban J connectivity index is 1.66. The topological polar surface area (TPSA) is 67.2 Å². The molecule has 2 amide bonds. The minimum Gasteiger partial charge on any atom is -0.356 e. The summed E-state index contributed by atoms with van der Waals surface area (Å²) in [5, 5.41) is 7.38. The Morgan fingerprint density at radius 2 is 2.00 bits per heavy atom. The van der Waals surface area contributed by atoms with Crippen molar-refractivity contribution in [2.24, 2.45) is 5.92 Å². The SMILES string of the molecule is CC(=O)NCC1CCCN(C(=O)c2cnn(C3CCCC3)c2C)C1. The molecule has 1 aliphatic carbocycles. The molecule has 0 spiro atoms. The summed E-state index contributed by atoms with van der Waals surface area (Å²) >= 11 is 0. The van der Waals surface area contributed by atoms with Crippen LogP contribution in [-0.4, -0.2) is 46.1 Å². The lowest BCUT2D eigenvalue weighted by atomic mass is 9.97. The van der Waals surface area contributed by atoms with Gasteiger partial charge in [-0.05, 0) is 38.5 Å². The minimum atomic E-state index is -0.00728. The van der Waals surface area contributed by atoms with Crippen molar-refractivity contribution in [3.8, 4) is 0 Å². The second-order valence-electron chi connectivity index (χ2n) is 7.22. The molecular weight excluding hydrogens is 304 g/mol. The van der Waals surface area contributed by atoms with Gasteiger partial charge in [0.25, 0.3) is 5.91 Å². The molecular formula is C18H28N4O2. The quantitative estimate of drug-likeness (QED) is 0.920. The van der Waals surface area contributed by atoms with Crippen LogP contribution in [0.4, 0.5) is 0 Å². The number of nitrogens with zero attached hydrogens (tertiary/aromatic N) is 3. The van der Waals surface area contributed by atoms with Gasteiger partial charge < -0.3 is 10.2 Å². The summed E-state index contributed by atoms with van der Waals surface area (Å²) in [5.74, 6) is 0.424. The number of nitrogens with one attached hydrogen (secondary N) is 1. The average molecular weight is 332 g/mol. The Kier molecular flexibility index (Phi) is 5.21. The van der Waals surface area contributed by atoms with Crippen LogP contribution < -0.4 is 5.32 Å². The van der Waals surface area contributed by atoms with Crippen molar-refractivity contribution in [3.63, 3.8) is 0 Å². The van der Waals surface area contributed by atoms with Crippen molar-refractivity contribution >= 4 is 11.8 Å². The number of amides is 2. The van der Waals surface area contributed by atoms with Gasteiger partial charge >= 0.3 is 0 Å². The standard InChI is InChI=1S/C18H28N4O2/c1-13-17(11-20-22(13)16-7-3-4-8-16)18(24)21-9-5-6-15(12-21)10-19-14(2)23/h11,15-16H,3-10,12H2,1-2H3,(H,19,23). The van der Waals surface area contributed by atoms with Crippen molar-refractivity contribution in [2.75, 3.05) is 19.6 Å². The van der Waals surface area contributed by atoms with E-state index in [-0.39, 0.29) is 11.8 Å². The number of piperidine rings is 1. The summed E-state index contributed by atoms with van der Waals surface area (Å²) in [6.07, 6.45) is 8.63. The molecule has 1 aromatic heterocycles. The molecule has 2 fully saturated rings. The number of likely N-dealkylation sites (tertiary alicyclic amines) is 1. The van der Waals surface area contributed by atoms with Gasteiger partial charge in [0, 0.05) is 32.3 Å². The van der Waals surface area contributed by atoms with E-state index in [0.29, 0.717) is 25.0 Å². The molecule has 1 atom stereocenters. The molecule has 1 saturated heterocycles. The van der Waals surface area contributed by atoms with Gasteiger partial charge in [-0.2, -0.15) is 5.10 Å². The van der Waals surface area contributed by atoms with E-state index < -0.39 is 0 Å². The molecule has 2 heterocycles. The highest BCUT2D eigenvalue weighted by molar-refractivity contribution is 5.95. The van der Waals surface area contributed by atoms with Crippen LogP contribution >= 0.6 is 0 Å². The van der Waals surface area contributed by atoms with E-state index in [1.54, 1.807) is 6.20 Å². The van der Waals surface area contributed by atoms with Crippen LogP contribution in [0.15, 0.2) is 6.20 Å². The summed E-state index contributed by atoms with van der Waals surface area (Å²) in [7, 11) is 0. The van der Waals surface area contributed by atoms with Crippen molar-refractivity contribution in [3.05, 3.63) is 17.5 Å². The number of carbonyl (C=O) groups excluding carboxylic acids is 2. The molecule has 1 aliphatic heterocycles. The van der Waals surface area contributed by atoms with E-state index in [2.05, 4.69) is 15.1 Å². The summed E-state index contributed by atoms with van der Waals surface area (Å²) in [6.45, 7) is 5.71. The van der Waals surface area contributed by atoms with Gasteiger partial charge in [-0.3, -0.25) is 14.3 Å². The molecule has 2 aliphatic rings. The van der Waals surface area contributed by atoms with Gasteiger partial charge in [0.2, 0.25) is 5.91 Å². The van der Waals surface area contributed by atoms with E-state index >= 15 is 0 Å². The van der Waals surface area contributed by atoms with Crippen LogP contribution in [0, 0.1) is 12.8 Å². The molecule has 0 radical (unpaired) electrons. The Hall–Kier alpha value is -1.85. The van der Waals surface area contributed by atoms with E-state index in [0.717, 1.165) is 30.6 Å². The maximum Gasteiger partial charge on any atom is 0.257 e.